The number of likely N-dealkylation sites (N-methyl/N-ethyl adjacent to an activating group) is 1. The number of aliphatic carboxylic acids is 1. The largest absolute Gasteiger partial charge is 0.479 e. The molecule has 0 unspecified atom stereocenters. The van der Waals surface area contributed by atoms with E-state index in [-0.39, 0.29) is 5.76 Å². The fourth-order valence-electron chi connectivity index (χ4n) is 3.15. The lowest BCUT2D eigenvalue weighted by Crippen LogP contribution is -2.56. The topological polar surface area (TPSA) is 83.6 Å². The molecular formula is C15H20N2O4. The van der Waals surface area contributed by atoms with Crippen LogP contribution >= 0.6 is 0 Å². The van der Waals surface area contributed by atoms with Gasteiger partial charge in [-0.3, -0.25) is 4.79 Å². The van der Waals surface area contributed by atoms with Crippen LogP contribution in [0.3, 0.4) is 0 Å². The maximum absolute atomic E-state index is 12.5. The molecule has 0 aliphatic heterocycles. The van der Waals surface area contributed by atoms with Crippen LogP contribution in [0, 0.1) is 0 Å². The van der Waals surface area contributed by atoms with Gasteiger partial charge in [-0.05, 0) is 25.7 Å². The van der Waals surface area contributed by atoms with Crippen molar-refractivity contribution in [3.8, 4) is 0 Å². The van der Waals surface area contributed by atoms with Gasteiger partial charge in [-0.15, -0.1) is 0 Å². The molecule has 0 atom stereocenters. The van der Waals surface area contributed by atoms with Crippen LogP contribution in [0.15, 0.2) is 10.6 Å². The van der Waals surface area contributed by atoms with Gasteiger partial charge in [0.05, 0.1) is 5.69 Å². The highest BCUT2D eigenvalue weighted by Crippen LogP contribution is 2.40. The van der Waals surface area contributed by atoms with E-state index in [1.807, 2.05) is 0 Å². The molecule has 2 aliphatic carbocycles. The number of carboxylic acid groups (broad SMARTS) is 1. The SMILES string of the molecule is CN(C(=O)c1cc(C2CC2)no1)C1(C(=O)O)CCCCC1. The molecule has 6 heteroatoms. The van der Waals surface area contributed by atoms with Crippen LogP contribution in [0.4, 0.5) is 0 Å². The molecule has 0 saturated heterocycles. The molecule has 0 radical (unpaired) electrons. The summed E-state index contributed by atoms with van der Waals surface area (Å²) in [6.45, 7) is 0. The van der Waals surface area contributed by atoms with Crippen molar-refractivity contribution in [3.05, 3.63) is 17.5 Å². The Morgan fingerprint density at radius 3 is 2.57 bits per heavy atom. The summed E-state index contributed by atoms with van der Waals surface area (Å²) in [6.07, 6.45) is 5.82. The standard InChI is InChI=1S/C15H20N2O4/c1-17(15(14(19)20)7-3-2-4-8-15)13(18)12-9-11(16-21-12)10-5-6-10/h9-10H,2-8H2,1H3,(H,19,20). The Morgan fingerprint density at radius 1 is 1.33 bits per heavy atom. The summed E-state index contributed by atoms with van der Waals surface area (Å²) in [4.78, 5) is 25.6. The van der Waals surface area contributed by atoms with Gasteiger partial charge in [-0.25, -0.2) is 4.79 Å². The molecule has 0 bridgehead atoms. The first-order chi connectivity index (χ1) is 10.0. The number of carboxylic acids is 1. The van der Waals surface area contributed by atoms with E-state index in [2.05, 4.69) is 5.16 Å². The Morgan fingerprint density at radius 2 is 2.00 bits per heavy atom. The molecule has 1 aromatic rings. The minimum absolute atomic E-state index is 0.144. The van der Waals surface area contributed by atoms with Gasteiger partial charge in [0.1, 0.15) is 5.54 Å². The van der Waals surface area contributed by atoms with E-state index in [0.717, 1.165) is 37.8 Å². The Hall–Kier alpha value is -1.85. The second kappa shape index (κ2) is 5.16. The zero-order chi connectivity index (χ0) is 15.0. The number of carbonyl (C=O) groups excluding carboxylic acids is 1. The number of carbonyl (C=O) groups is 2. The molecule has 1 N–H and O–H groups in total. The van der Waals surface area contributed by atoms with E-state index in [9.17, 15) is 14.7 Å². The third-order valence-corrected chi connectivity index (χ3v) is 4.76. The molecule has 1 aromatic heterocycles. The maximum Gasteiger partial charge on any atom is 0.329 e. The molecule has 2 saturated carbocycles. The number of hydrogen-bond acceptors (Lipinski definition) is 4. The van der Waals surface area contributed by atoms with Crippen LogP contribution in [-0.2, 0) is 4.79 Å². The van der Waals surface area contributed by atoms with E-state index >= 15 is 0 Å². The van der Waals surface area contributed by atoms with Gasteiger partial charge in [0, 0.05) is 19.0 Å². The van der Waals surface area contributed by atoms with Crippen LogP contribution in [0.5, 0.6) is 0 Å². The summed E-state index contributed by atoms with van der Waals surface area (Å²) in [5, 5.41) is 13.5. The smallest absolute Gasteiger partial charge is 0.329 e. The fraction of sp³-hybridized carbons (Fsp3) is 0.667. The first-order valence-electron chi connectivity index (χ1n) is 7.53. The zero-order valence-corrected chi connectivity index (χ0v) is 12.2. The average Bonchev–Trinajstić information content (AvgIpc) is 3.23. The summed E-state index contributed by atoms with van der Waals surface area (Å²) in [7, 11) is 1.56. The number of aromatic nitrogens is 1. The molecule has 21 heavy (non-hydrogen) atoms. The molecule has 1 amide bonds. The molecule has 2 aliphatic rings. The summed E-state index contributed by atoms with van der Waals surface area (Å²) in [6, 6.07) is 1.66. The molecule has 114 valence electrons. The van der Waals surface area contributed by atoms with Gasteiger partial charge in [0.2, 0.25) is 5.76 Å². The quantitative estimate of drug-likeness (QED) is 0.921. The lowest BCUT2D eigenvalue weighted by molar-refractivity contribution is -0.151. The minimum atomic E-state index is -1.11. The van der Waals surface area contributed by atoms with E-state index in [1.165, 1.54) is 4.90 Å². The summed E-state index contributed by atoms with van der Waals surface area (Å²) < 4.78 is 5.13. The average molecular weight is 292 g/mol. The normalized spacial score (nSPS) is 21.0. The predicted molar refractivity (Wildman–Crippen MR) is 74.0 cm³/mol. The Balaban J connectivity index is 1.82. The van der Waals surface area contributed by atoms with Crippen LogP contribution in [-0.4, -0.2) is 39.6 Å². The van der Waals surface area contributed by atoms with Gasteiger partial charge >= 0.3 is 5.97 Å². The van der Waals surface area contributed by atoms with E-state index in [1.54, 1.807) is 13.1 Å². The first-order valence-corrected chi connectivity index (χ1v) is 7.53. The van der Waals surface area contributed by atoms with Crippen molar-refractivity contribution in [2.45, 2.75) is 56.4 Å². The highest BCUT2D eigenvalue weighted by molar-refractivity contribution is 5.95. The van der Waals surface area contributed by atoms with E-state index in [0.29, 0.717) is 18.8 Å². The van der Waals surface area contributed by atoms with Crippen molar-refractivity contribution < 1.29 is 19.2 Å². The van der Waals surface area contributed by atoms with Crippen LogP contribution in [0.25, 0.3) is 0 Å². The second-order valence-electron chi connectivity index (χ2n) is 6.15. The molecule has 0 aromatic carbocycles. The molecule has 3 rings (SSSR count). The molecule has 1 heterocycles. The van der Waals surface area contributed by atoms with Crippen molar-refractivity contribution in [2.24, 2.45) is 0 Å². The zero-order valence-electron chi connectivity index (χ0n) is 12.2. The van der Waals surface area contributed by atoms with Gasteiger partial charge in [0.15, 0.2) is 0 Å². The first kappa shape index (κ1) is 14.1. The molecular weight excluding hydrogens is 272 g/mol. The molecule has 0 spiro atoms. The summed E-state index contributed by atoms with van der Waals surface area (Å²) >= 11 is 0. The van der Waals surface area contributed by atoms with Crippen molar-refractivity contribution in [1.29, 1.82) is 0 Å². The van der Waals surface area contributed by atoms with Gasteiger partial charge in [-0.2, -0.15) is 0 Å². The van der Waals surface area contributed by atoms with Crippen molar-refractivity contribution in [1.82, 2.24) is 10.1 Å². The number of nitrogens with zero attached hydrogens (tertiary/aromatic N) is 2. The highest BCUT2D eigenvalue weighted by atomic mass is 16.5. The lowest BCUT2D eigenvalue weighted by Gasteiger charge is -2.40. The summed E-state index contributed by atoms with van der Waals surface area (Å²) in [5.41, 5.74) is -0.304. The minimum Gasteiger partial charge on any atom is -0.479 e. The predicted octanol–water partition coefficient (Wildman–Crippen LogP) is 2.41. The van der Waals surface area contributed by atoms with E-state index in [4.69, 9.17) is 4.52 Å². The highest BCUT2D eigenvalue weighted by Gasteiger charge is 2.46. The van der Waals surface area contributed by atoms with Crippen molar-refractivity contribution in [2.75, 3.05) is 7.05 Å². The van der Waals surface area contributed by atoms with Gasteiger partial charge in [0.25, 0.3) is 5.91 Å². The monoisotopic (exact) mass is 292 g/mol. The Kier molecular flexibility index (Phi) is 3.47. The van der Waals surface area contributed by atoms with Gasteiger partial charge in [-0.1, -0.05) is 24.4 Å². The number of hydrogen-bond donors (Lipinski definition) is 1. The Labute approximate surface area is 123 Å². The third kappa shape index (κ3) is 2.43. The lowest BCUT2D eigenvalue weighted by atomic mass is 9.80. The van der Waals surface area contributed by atoms with Gasteiger partial charge < -0.3 is 14.5 Å². The second-order valence-corrected chi connectivity index (χ2v) is 6.15. The van der Waals surface area contributed by atoms with Crippen LogP contribution in [0.2, 0.25) is 0 Å². The summed E-state index contributed by atoms with van der Waals surface area (Å²) in [5.74, 6) is -0.770. The van der Waals surface area contributed by atoms with Crippen molar-refractivity contribution in [3.63, 3.8) is 0 Å². The number of rotatable bonds is 4. The fourth-order valence-corrected chi connectivity index (χ4v) is 3.15. The van der Waals surface area contributed by atoms with Crippen molar-refractivity contribution >= 4 is 11.9 Å². The number of amides is 1. The molecule has 6 nitrogen and oxygen atoms in total. The van der Waals surface area contributed by atoms with E-state index < -0.39 is 17.4 Å². The third-order valence-electron chi connectivity index (χ3n) is 4.76. The maximum atomic E-state index is 12.5. The van der Waals surface area contributed by atoms with Crippen LogP contribution in [0.1, 0.15) is 67.1 Å². The Bertz CT molecular complexity index is 556. The molecule has 2 fully saturated rings. The van der Waals surface area contributed by atoms with Crippen LogP contribution < -0.4 is 0 Å².